The Balaban J connectivity index is 0.899. The molecule has 69 heavy (non-hydrogen) atoms. The van der Waals surface area contributed by atoms with Gasteiger partial charge in [-0.15, -0.1) is 0 Å². The molecule has 2 fully saturated rings. The molecule has 0 aliphatic carbocycles. The Bertz CT molecular complexity index is 2900. The smallest absolute Gasteiger partial charge is 0.399 e. The van der Waals surface area contributed by atoms with Crippen LogP contribution in [0.4, 0.5) is 17.1 Å². The first kappa shape index (κ1) is 46.3. The van der Waals surface area contributed by atoms with Gasteiger partial charge in [-0.25, -0.2) is 0 Å². The zero-order valence-electron chi connectivity index (χ0n) is 41.6. The van der Waals surface area contributed by atoms with E-state index in [0.29, 0.717) is 0 Å². The van der Waals surface area contributed by atoms with Crippen LogP contribution in [0, 0.1) is 13.8 Å². The first-order chi connectivity index (χ1) is 32.9. The van der Waals surface area contributed by atoms with E-state index in [4.69, 9.17) is 18.6 Å². The zero-order valence-corrected chi connectivity index (χ0v) is 41.6. The van der Waals surface area contributed by atoms with Crippen LogP contribution >= 0.6 is 0 Å². The molecule has 2 aliphatic heterocycles. The summed E-state index contributed by atoms with van der Waals surface area (Å²) in [6, 6.07) is 68.0. The standard InChI is InChI=1S/C62H61B2NO4/c1-42-40-55(36-38-57(42)50-20-16-45(17-21-50)47-24-30-52(31-25-47)63-66-59(3,4)60(5,6)67-63)65(54-34-28-49(29-35-54)44-14-12-11-13-15-44)56-37-39-58(43(2)41-56)51-22-18-46(19-23-51)48-26-32-53(33-27-48)64-68-61(7,8)62(9,10)69-64/h11-41H,1-10H3. The highest BCUT2D eigenvalue weighted by Gasteiger charge is 2.52. The van der Waals surface area contributed by atoms with E-state index in [9.17, 15) is 0 Å². The second-order valence-electron chi connectivity index (χ2n) is 20.8. The molecule has 8 aromatic rings. The lowest BCUT2D eigenvalue weighted by Crippen LogP contribution is -2.41. The fourth-order valence-corrected chi connectivity index (χ4v) is 9.41. The van der Waals surface area contributed by atoms with Gasteiger partial charge in [-0.2, -0.15) is 0 Å². The number of anilines is 3. The van der Waals surface area contributed by atoms with Crippen molar-refractivity contribution in [2.75, 3.05) is 4.90 Å². The molecule has 0 radical (unpaired) electrons. The van der Waals surface area contributed by atoms with Crippen LogP contribution < -0.4 is 15.8 Å². The maximum Gasteiger partial charge on any atom is 0.494 e. The molecule has 0 atom stereocenters. The van der Waals surface area contributed by atoms with Crippen molar-refractivity contribution in [3.8, 4) is 55.6 Å². The number of benzene rings is 8. The van der Waals surface area contributed by atoms with Gasteiger partial charge in [-0.3, -0.25) is 0 Å². The van der Waals surface area contributed by atoms with Gasteiger partial charge in [0.1, 0.15) is 0 Å². The van der Waals surface area contributed by atoms with Crippen LogP contribution in [0.1, 0.15) is 66.5 Å². The summed E-state index contributed by atoms with van der Waals surface area (Å²) in [4.78, 5) is 2.37. The summed E-state index contributed by atoms with van der Waals surface area (Å²) in [6.07, 6.45) is 0. The minimum atomic E-state index is -0.375. The molecule has 10 rings (SSSR count). The number of hydrogen-bond donors (Lipinski definition) is 0. The van der Waals surface area contributed by atoms with E-state index < -0.39 is 0 Å². The third-order valence-corrected chi connectivity index (χ3v) is 15.1. The predicted molar refractivity (Wildman–Crippen MR) is 289 cm³/mol. The van der Waals surface area contributed by atoms with E-state index in [2.05, 4.69) is 262 Å². The molecule has 0 saturated carbocycles. The SMILES string of the molecule is Cc1cc(N(c2ccc(-c3ccccc3)cc2)c2ccc(-c3ccc(-c4ccc(B5OC(C)(C)C(C)(C)O5)cc4)cc3)c(C)c2)ccc1-c1ccc(-c2ccc(B3OC(C)(C)C(C)(C)O3)cc2)cc1. The molecule has 344 valence electrons. The van der Waals surface area contributed by atoms with Gasteiger partial charge in [0.25, 0.3) is 0 Å². The number of rotatable bonds is 10. The van der Waals surface area contributed by atoms with E-state index in [-0.39, 0.29) is 36.6 Å². The number of hydrogen-bond acceptors (Lipinski definition) is 5. The average molecular weight is 906 g/mol. The van der Waals surface area contributed by atoms with Crippen molar-refractivity contribution in [1.29, 1.82) is 0 Å². The first-order valence-corrected chi connectivity index (χ1v) is 24.3. The second kappa shape index (κ2) is 17.8. The van der Waals surface area contributed by atoms with Gasteiger partial charge in [0.15, 0.2) is 0 Å². The summed E-state index contributed by atoms with van der Waals surface area (Å²) >= 11 is 0. The molecule has 7 heteroatoms. The van der Waals surface area contributed by atoms with E-state index in [1.165, 1.54) is 44.5 Å². The van der Waals surface area contributed by atoms with E-state index in [1.54, 1.807) is 0 Å². The lowest BCUT2D eigenvalue weighted by Gasteiger charge is -2.32. The maximum atomic E-state index is 6.30. The lowest BCUT2D eigenvalue weighted by molar-refractivity contribution is 0.00578. The molecule has 2 aliphatic rings. The summed E-state index contributed by atoms with van der Waals surface area (Å²) < 4.78 is 25.2. The van der Waals surface area contributed by atoms with Crippen molar-refractivity contribution in [2.45, 2.75) is 91.6 Å². The minimum absolute atomic E-state index is 0.372. The highest BCUT2D eigenvalue weighted by Crippen LogP contribution is 2.42. The largest absolute Gasteiger partial charge is 0.494 e. The molecular weight excluding hydrogens is 844 g/mol. The molecule has 0 unspecified atom stereocenters. The number of aryl methyl sites for hydroxylation is 2. The van der Waals surface area contributed by atoms with Gasteiger partial charge in [0.2, 0.25) is 0 Å². The Morgan fingerprint density at radius 2 is 0.580 bits per heavy atom. The van der Waals surface area contributed by atoms with Gasteiger partial charge >= 0.3 is 14.2 Å². The zero-order chi connectivity index (χ0) is 48.3. The van der Waals surface area contributed by atoms with Gasteiger partial charge in [-0.1, -0.05) is 152 Å². The monoisotopic (exact) mass is 905 g/mol. The fraction of sp³-hybridized carbons (Fsp3) is 0.226. The summed E-state index contributed by atoms with van der Waals surface area (Å²) in [5.74, 6) is 0. The minimum Gasteiger partial charge on any atom is -0.399 e. The predicted octanol–water partition coefficient (Wildman–Crippen LogP) is 14.7. The van der Waals surface area contributed by atoms with Crippen LogP contribution in [-0.2, 0) is 18.6 Å². The van der Waals surface area contributed by atoms with E-state index >= 15 is 0 Å². The van der Waals surface area contributed by atoms with Crippen molar-refractivity contribution in [3.05, 3.63) is 199 Å². The molecule has 0 aromatic heterocycles. The summed E-state index contributed by atoms with van der Waals surface area (Å²) in [5, 5.41) is 0. The molecule has 8 aromatic carbocycles. The fourth-order valence-electron chi connectivity index (χ4n) is 9.41. The quantitative estimate of drug-likeness (QED) is 0.128. The molecular formula is C62H61B2NO4. The molecule has 0 N–H and O–H groups in total. The van der Waals surface area contributed by atoms with Gasteiger partial charge in [-0.05, 0) is 183 Å². The average Bonchev–Trinajstić information content (AvgIpc) is 3.71. The van der Waals surface area contributed by atoms with Crippen LogP contribution in [0.3, 0.4) is 0 Å². The van der Waals surface area contributed by atoms with Crippen LogP contribution in [0.5, 0.6) is 0 Å². The third kappa shape index (κ3) is 9.01. The van der Waals surface area contributed by atoms with Crippen LogP contribution in [0.15, 0.2) is 188 Å². The Labute approximate surface area is 410 Å². The highest BCUT2D eigenvalue weighted by molar-refractivity contribution is 6.62. The van der Waals surface area contributed by atoms with Gasteiger partial charge in [0.05, 0.1) is 22.4 Å². The van der Waals surface area contributed by atoms with Crippen LogP contribution in [-0.4, -0.2) is 36.6 Å². The Morgan fingerprint density at radius 3 is 0.913 bits per heavy atom. The summed E-state index contributed by atoms with van der Waals surface area (Å²) in [7, 11) is -0.749. The summed E-state index contributed by atoms with van der Waals surface area (Å²) in [5.41, 5.74) is 18.1. The molecule has 0 spiro atoms. The van der Waals surface area contributed by atoms with Crippen molar-refractivity contribution >= 4 is 42.2 Å². The van der Waals surface area contributed by atoms with E-state index in [0.717, 1.165) is 50.2 Å². The molecule has 0 bridgehead atoms. The van der Waals surface area contributed by atoms with Crippen molar-refractivity contribution in [2.24, 2.45) is 0 Å². The van der Waals surface area contributed by atoms with Crippen molar-refractivity contribution in [1.82, 2.24) is 0 Å². The first-order valence-electron chi connectivity index (χ1n) is 24.3. The van der Waals surface area contributed by atoms with Crippen LogP contribution in [0.25, 0.3) is 55.6 Å². The Morgan fingerprint density at radius 1 is 0.304 bits per heavy atom. The van der Waals surface area contributed by atoms with Crippen molar-refractivity contribution < 1.29 is 18.6 Å². The van der Waals surface area contributed by atoms with Gasteiger partial charge < -0.3 is 23.5 Å². The normalized spacial score (nSPS) is 16.7. The molecule has 0 amide bonds. The van der Waals surface area contributed by atoms with Crippen molar-refractivity contribution in [3.63, 3.8) is 0 Å². The Kier molecular flexibility index (Phi) is 11.9. The molecule has 5 nitrogen and oxygen atoms in total. The van der Waals surface area contributed by atoms with Gasteiger partial charge in [0, 0.05) is 17.1 Å². The lowest BCUT2D eigenvalue weighted by atomic mass is 9.78. The highest BCUT2D eigenvalue weighted by atomic mass is 16.7. The molecule has 2 saturated heterocycles. The summed E-state index contributed by atoms with van der Waals surface area (Å²) in [6.45, 7) is 21.1. The third-order valence-electron chi connectivity index (χ3n) is 15.1. The van der Waals surface area contributed by atoms with E-state index in [1.807, 2.05) is 0 Å². The molecule has 2 heterocycles. The second-order valence-corrected chi connectivity index (χ2v) is 20.8. The number of nitrogens with zero attached hydrogens (tertiary/aromatic N) is 1. The Hall–Kier alpha value is -6.47. The maximum absolute atomic E-state index is 6.30. The topological polar surface area (TPSA) is 40.2 Å². The van der Waals surface area contributed by atoms with Crippen LogP contribution in [0.2, 0.25) is 0 Å².